The molecule has 30 heavy (non-hydrogen) atoms. The number of carbonyl (C=O) groups is 2. The van der Waals surface area contributed by atoms with Crippen LogP contribution in [0.1, 0.15) is 41.3 Å². The molecule has 1 aliphatic heterocycles. The highest BCUT2D eigenvalue weighted by atomic mass is 16.2. The van der Waals surface area contributed by atoms with Crippen LogP contribution in [0.2, 0.25) is 0 Å². The summed E-state index contributed by atoms with van der Waals surface area (Å²) in [6.07, 6.45) is 3.06. The summed E-state index contributed by atoms with van der Waals surface area (Å²) in [4.78, 5) is 28.1. The summed E-state index contributed by atoms with van der Waals surface area (Å²) in [5, 5.41) is 8.27. The Bertz CT molecular complexity index is 1300. The van der Waals surface area contributed by atoms with Crippen molar-refractivity contribution < 1.29 is 9.59 Å². The number of carbonyl (C=O) groups excluding carboxylic acids is 2. The second kappa shape index (κ2) is 7.34. The highest BCUT2D eigenvalue weighted by Gasteiger charge is 2.16. The fraction of sp³-hybridized carbons (Fsp3) is 0.200. The van der Waals surface area contributed by atoms with E-state index in [-0.39, 0.29) is 11.8 Å². The van der Waals surface area contributed by atoms with Crippen molar-refractivity contribution in [2.75, 3.05) is 10.6 Å². The van der Waals surface area contributed by atoms with Crippen LogP contribution in [-0.2, 0) is 17.6 Å². The van der Waals surface area contributed by atoms with E-state index in [4.69, 9.17) is 0 Å². The molecule has 2 heterocycles. The van der Waals surface area contributed by atoms with E-state index in [1.165, 1.54) is 10.9 Å². The number of fused-ring (bicyclic) bond motifs is 4. The second-order valence-electron chi connectivity index (χ2n) is 7.81. The zero-order chi connectivity index (χ0) is 20.7. The molecule has 0 atom stereocenters. The minimum Gasteiger partial charge on any atom is -0.354 e. The molecule has 0 fully saturated rings. The maximum atomic E-state index is 12.9. The van der Waals surface area contributed by atoms with E-state index in [9.17, 15) is 9.59 Å². The monoisotopic (exact) mass is 397 g/mol. The van der Waals surface area contributed by atoms with Gasteiger partial charge in [0.1, 0.15) is 0 Å². The molecule has 4 aromatic rings. The van der Waals surface area contributed by atoms with Gasteiger partial charge in [-0.3, -0.25) is 9.59 Å². The lowest BCUT2D eigenvalue weighted by molar-refractivity contribution is -0.116. The van der Waals surface area contributed by atoms with Crippen molar-refractivity contribution in [2.45, 2.75) is 32.6 Å². The van der Waals surface area contributed by atoms with Crippen LogP contribution in [0.25, 0.3) is 21.8 Å². The number of aromatic nitrogens is 1. The molecule has 0 unspecified atom stereocenters. The lowest BCUT2D eigenvalue weighted by atomic mass is 10.0. The van der Waals surface area contributed by atoms with Crippen LogP contribution in [0, 0.1) is 0 Å². The van der Waals surface area contributed by atoms with Crippen LogP contribution in [0.5, 0.6) is 0 Å². The van der Waals surface area contributed by atoms with Crippen molar-refractivity contribution in [2.24, 2.45) is 0 Å². The van der Waals surface area contributed by atoms with Crippen LogP contribution in [0.15, 0.2) is 54.6 Å². The molecule has 0 spiro atoms. The molecule has 150 valence electrons. The first-order chi connectivity index (χ1) is 14.6. The van der Waals surface area contributed by atoms with E-state index >= 15 is 0 Å². The molecule has 5 nitrogen and oxygen atoms in total. The molecule has 0 aliphatic carbocycles. The van der Waals surface area contributed by atoms with Gasteiger partial charge in [-0.15, -0.1) is 0 Å². The number of aryl methyl sites for hydroxylation is 2. The molecule has 0 saturated heterocycles. The molecule has 1 aromatic heterocycles. The Kier molecular flexibility index (Phi) is 4.51. The third kappa shape index (κ3) is 3.22. The number of anilines is 2. The fourth-order valence-electron chi connectivity index (χ4n) is 4.28. The summed E-state index contributed by atoms with van der Waals surface area (Å²) in [5.74, 6) is -0.123. The van der Waals surface area contributed by atoms with Crippen molar-refractivity contribution in [3.05, 3.63) is 71.3 Å². The number of para-hydroxylation sites is 1. The SMILES string of the molecule is CCc1cccc2c1[nH]c1cc(NC(=O)c3ccc4c(c3)CCCC(=O)N4)ccc12. The average molecular weight is 397 g/mol. The average Bonchev–Trinajstić information content (AvgIpc) is 3.01. The Morgan fingerprint density at radius 1 is 1.03 bits per heavy atom. The maximum absolute atomic E-state index is 12.9. The molecule has 1 aliphatic rings. The van der Waals surface area contributed by atoms with Gasteiger partial charge in [-0.2, -0.15) is 0 Å². The quantitative estimate of drug-likeness (QED) is 0.432. The van der Waals surface area contributed by atoms with E-state index in [0.717, 1.165) is 52.6 Å². The van der Waals surface area contributed by atoms with Crippen molar-refractivity contribution >= 4 is 45.0 Å². The minimum absolute atomic E-state index is 0.0313. The zero-order valence-corrected chi connectivity index (χ0v) is 16.8. The van der Waals surface area contributed by atoms with E-state index in [1.54, 1.807) is 6.07 Å². The molecule has 2 amide bonds. The Morgan fingerprint density at radius 2 is 1.93 bits per heavy atom. The minimum atomic E-state index is -0.155. The van der Waals surface area contributed by atoms with Crippen LogP contribution in [-0.4, -0.2) is 16.8 Å². The Balaban J connectivity index is 1.44. The van der Waals surface area contributed by atoms with Gasteiger partial charge in [0.25, 0.3) is 5.91 Å². The van der Waals surface area contributed by atoms with Gasteiger partial charge in [0.2, 0.25) is 5.91 Å². The molecule has 0 saturated carbocycles. The number of nitrogens with one attached hydrogen (secondary N) is 3. The summed E-state index contributed by atoms with van der Waals surface area (Å²) in [6.45, 7) is 2.15. The number of hydrogen-bond acceptors (Lipinski definition) is 2. The van der Waals surface area contributed by atoms with E-state index in [0.29, 0.717) is 12.0 Å². The normalized spacial score (nSPS) is 13.7. The van der Waals surface area contributed by atoms with Gasteiger partial charge < -0.3 is 15.6 Å². The zero-order valence-electron chi connectivity index (χ0n) is 16.8. The van der Waals surface area contributed by atoms with Gasteiger partial charge in [0.05, 0.1) is 0 Å². The largest absolute Gasteiger partial charge is 0.354 e. The predicted molar refractivity (Wildman–Crippen MR) is 121 cm³/mol. The third-order valence-electron chi connectivity index (χ3n) is 5.85. The number of amides is 2. The fourth-order valence-corrected chi connectivity index (χ4v) is 4.28. The summed E-state index contributed by atoms with van der Waals surface area (Å²) in [5.41, 5.74) is 6.60. The van der Waals surface area contributed by atoms with Gasteiger partial charge >= 0.3 is 0 Å². The first-order valence-electron chi connectivity index (χ1n) is 10.4. The van der Waals surface area contributed by atoms with Gasteiger partial charge in [-0.1, -0.05) is 31.2 Å². The Hall–Kier alpha value is -3.60. The third-order valence-corrected chi connectivity index (χ3v) is 5.85. The predicted octanol–water partition coefficient (Wildman–Crippen LogP) is 5.41. The molecule has 0 radical (unpaired) electrons. The van der Waals surface area contributed by atoms with Crippen molar-refractivity contribution in [3.8, 4) is 0 Å². The van der Waals surface area contributed by atoms with E-state index in [1.807, 2.05) is 24.3 Å². The van der Waals surface area contributed by atoms with Gasteiger partial charge in [-0.25, -0.2) is 0 Å². The molecular weight excluding hydrogens is 374 g/mol. The van der Waals surface area contributed by atoms with Crippen LogP contribution >= 0.6 is 0 Å². The standard InChI is InChI=1S/C25H23N3O2/c1-2-15-5-3-7-20-19-11-10-18(14-22(19)28-24(15)20)26-25(30)17-9-12-21-16(13-17)6-4-8-23(29)27-21/h3,5,7,9-14,28H,2,4,6,8H2,1H3,(H,26,30)(H,27,29). The summed E-state index contributed by atoms with van der Waals surface area (Å²) in [7, 11) is 0. The molecular formula is C25H23N3O2. The number of aromatic amines is 1. The van der Waals surface area contributed by atoms with Gasteiger partial charge in [0, 0.05) is 45.2 Å². The Labute approximate surface area is 174 Å². The van der Waals surface area contributed by atoms with Crippen molar-refractivity contribution in [1.29, 1.82) is 0 Å². The molecule has 3 aromatic carbocycles. The molecule has 5 rings (SSSR count). The lowest BCUT2D eigenvalue weighted by Gasteiger charge is -2.10. The molecule has 3 N–H and O–H groups in total. The van der Waals surface area contributed by atoms with Crippen LogP contribution in [0.4, 0.5) is 11.4 Å². The van der Waals surface area contributed by atoms with Crippen molar-refractivity contribution in [3.63, 3.8) is 0 Å². The maximum Gasteiger partial charge on any atom is 0.255 e. The molecule has 5 heteroatoms. The molecule has 0 bridgehead atoms. The van der Waals surface area contributed by atoms with Crippen LogP contribution < -0.4 is 10.6 Å². The summed E-state index contributed by atoms with van der Waals surface area (Å²) >= 11 is 0. The topological polar surface area (TPSA) is 74.0 Å². The van der Waals surface area contributed by atoms with E-state index < -0.39 is 0 Å². The summed E-state index contributed by atoms with van der Waals surface area (Å²) < 4.78 is 0. The highest BCUT2D eigenvalue weighted by molar-refractivity contribution is 6.11. The first kappa shape index (κ1) is 18.4. The number of hydrogen-bond donors (Lipinski definition) is 3. The first-order valence-corrected chi connectivity index (χ1v) is 10.4. The van der Waals surface area contributed by atoms with E-state index in [2.05, 4.69) is 46.8 Å². The van der Waals surface area contributed by atoms with Gasteiger partial charge in [0.15, 0.2) is 0 Å². The summed E-state index contributed by atoms with van der Waals surface area (Å²) in [6, 6.07) is 17.8. The number of H-pyrrole nitrogens is 1. The van der Waals surface area contributed by atoms with Gasteiger partial charge in [-0.05, 0) is 60.7 Å². The number of benzene rings is 3. The highest BCUT2D eigenvalue weighted by Crippen LogP contribution is 2.30. The number of rotatable bonds is 3. The second-order valence-corrected chi connectivity index (χ2v) is 7.81. The van der Waals surface area contributed by atoms with Crippen LogP contribution in [0.3, 0.4) is 0 Å². The Morgan fingerprint density at radius 3 is 2.80 bits per heavy atom. The van der Waals surface area contributed by atoms with Crippen molar-refractivity contribution in [1.82, 2.24) is 4.98 Å². The lowest BCUT2D eigenvalue weighted by Crippen LogP contribution is -2.13. The smallest absolute Gasteiger partial charge is 0.255 e.